The number of carbonyl (C=O) groups is 7. The average molecular weight is 743 g/mol. The molecule has 3 atom stereocenters. The lowest BCUT2D eigenvalue weighted by molar-refractivity contribution is -0.154. The quantitative estimate of drug-likeness (QED) is 0.0647. The fourth-order valence-corrected chi connectivity index (χ4v) is 5.96. The maximum absolute atomic E-state index is 13.7. The molecule has 0 saturated carbocycles. The third-order valence-electron chi connectivity index (χ3n) is 9.30. The summed E-state index contributed by atoms with van der Waals surface area (Å²) in [5.41, 5.74) is 11.2. The summed E-state index contributed by atoms with van der Waals surface area (Å²) >= 11 is 0. The number of amides is 6. The second-order valence-electron chi connectivity index (χ2n) is 16.0. The molecule has 7 N–H and O–H groups in total. The highest BCUT2D eigenvalue weighted by atomic mass is 16.5. The maximum atomic E-state index is 13.7. The van der Waals surface area contributed by atoms with Gasteiger partial charge < -0.3 is 32.2 Å². The van der Waals surface area contributed by atoms with Gasteiger partial charge in [0.15, 0.2) is 5.78 Å². The van der Waals surface area contributed by atoms with Crippen LogP contribution < -0.4 is 27.4 Å². The Kier molecular flexibility index (Phi) is 18.1. The molecule has 14 heteroatoms. The van der Waals surface area contributed by atoms with E-state index in [9.17, 15) is 33.6 Å². The number of hydrogen-bond acceptors (Lipinski definition) is 9. The Morgan fingerprint density at radius 3 is 2.17 bits per heavy atom. The summed E-state index contributed by atoms with van der Waals surface area (Å²) in [5.74, 6) is -2.67. The lowest BCUT2D eigenvalue weighted by Crippen LogP contribution is -2.42. The second-order valence-corrected chi connectivity index (χ2v) is 16.0. The van der Waals surface area contributed by atoms with E-state index in [0.29, 0.717) is 63.7 Å². The van der Waals surface area contributed by atoms with Gasteiger partial charge in [-0.15, -0.1) is 0 Å². The molecule has 0 aliphatic carbocycles. The number of carbonyl (C=O) groups excluding carboxylic acids is 7. The van der Waals surface area contributed by atoms with Crippen molar-refractivity contribution in [1.29, 1.82) is 0 Å². The molecular weight excluding hydrogens is 680 g/mol. The van der Waals surface area contributed by atoms with E-state index in [-0.39, 0.29) is 85.5 Å². The van der Waals surface area contributed by atoms with E-state index < -0.39 is 23.4 Å². The van der Waals surface area contributed by atoms with Gasteiger partial charge in [0.25, 0.3) is 0 Å². The first-order valence-corrected chi connectivity index (χ1v) is 18.8. The Morgan fingerprint density at radius 1 is 0.906 bits per heavy atom. The minimum atomic E-state index is -0.808. The number of benzene rings is 1. The number of Topliss-reactive ketones (excluding diaryl/α,β-unsaturated/α-hetero) is 1. The van der Waals surface area contributed by atoms with E-state index in [1.54, 1.807) is 45.0 Å². The van der Waals surface area contributed by atoms with Crippen molar-refractivity contribution in [2.45, 2.75) is 125 Å². The van der Waals surface area contributed by atoms with E-state index in [4.69, 9.17) is 16.2 Å². The minimum Gasteiger partial charge on any atom is -0.460 e. The van der Waals surface area contributed by atoms with Crippen molar-refractivity contribution >= 4 is 47.1 Å². The molecule has 1 heterocycles. The summed E-state index contributed by atoms with van der Waals surface area (Å²) in [6, 6.07) is 5.34. The summed E-state index contributed by atoms with van der Waals surface area (Å²) in [6.45, 7) is 12.2. The molecular formula is C39H62N6O8. The number of nitrogens with two attached hydrogens (primary N) is 2. The van der Waals surface area contributed by atoms with Crippen LogP contribution in [-0.4, -0.2) is 72.0 Å². The average Bonchev–Trinajstić information content (AvgIpc) is 3.37. The van der Waals surface area contributed by atoms with E-state index >= 15 is 0 Å². The predicted octanol–water partition coefficient (Wildman–Crippen LogP) is 4.33. The number of imide groups is 1. The van der Waals surface area contributed by atoms with Gasteiger partial charge in [0.2, 0.25) is 23.6 Å². The van der Waals surface area contributed by atoms with Crippen LogP contribution in [0.5, 0.6) is 0 Å². The molecule has 0 spiro atoms. The first kappa shape index (κ1) is 44.8. The fourth-order valence-electron chi connectivity index (χ4n) is 5.96. The topological polar surface area (TPSA) is 220 Å². The van der Waals surface area contributed by atoms with Gasteiger partial charge in [-0.25, -0.2) is 4.79 Å². The van der Waals surface area contributed by atoms with Crippen molar-refractivity contribution < 1.29 is 38.3 Å². The van der Waals surface area contributed by atoms with E-state index in [1.807, 2.05) is 20.8 Å². The second kappa shape index (κ2) is 21.4. The zero-order chi connectivity index (χ0) is 39.8. The summed E-state index contributed by atoms with van der Waals surface area (Å²) in [4.78, 5) is 90.0. The number of esters is 1. The normalized spacial score (nSPS) is 15.8. The van der Waals surface area contributed by atoms with Crippen molar-refractivity contribution in [3.05, 3.63) is 29.8 Å². The number of likely N-dealkylation sites (tertiary alicyclic amines) is 1. The largest absolute Gasteiger partial charge is 0.460 e. The smallest absolute Gasteiger partial charge is 0.312 e. The molecule has 0 aromatic heterocycles. The lowest BCUT2D eigenvalue weighted by atomic mass is 9.80. The number of rotatable bonds is 22. The molecule has 0 bridgehead atoms. The summed E-state index contributed by atoms with van der Waals surface area (Å²) in [5, 5.41) is 8.23. The van der Waals surface area contributed by atoms with Crippen molar-refractivity contribution in [3.8, 4) is 0 Å². The van der Waals surface area contributed by atoms with Gasteiger partial charge >= 0.3 is 12.0 Å². The predicted molar refractivity (Wildman–Crippen MR) is 202 cm³/mol. The Bertz CT molecular complexity index is 1420. The number of urea groups is 1. The Morgan fingerprint density at radius 2 is 1.58 bits per heavy atom. The number of unbranched alkanes of at least 4 members (excludes halogenated alkanes) is 3. The van der Waals surface area contributed by atoms with E-state index in [1.165, 1.54) is 4.90 Å². The summed E-state index contributed by atoms with van der Waals surface area (Å²) < 4.78 is 5.36. The van der Waals surface area contributed by atoms with Crippen molar-refractivity contribution in [2.24, 2.45) is 34.1 Å². The zero-order valence-electron chi connectivity index (χ0n) is 32.5. The molecule has 14 nitrogen and oxygen atoms in total. The molecule has 6 amide bonds. The standard InChI is InChI=1S/C39H62N6O8/c1-38(2,3)29-24-33(48)45(35(29)50)22-11-7-8-15-32(47)44-30(14-9-10-20-40)31(46)23-27(13-12-21-42-37(41)52)34(49)43-28-18-16-26(17-19-28)25-53-36(51)39(4,5)6/h16-19,27,29-30H,7-15,20-25,40H2,1-6H3,(H,43,49)(H,44,47)(H3,41,42,52)/t27-,29?,30+/m1/s1. The lowest BCUT2D eigenvalue weighted by Gasteiger charge is -2.24. The third kappa shape index (κ3) is 16.1. The van der Waals surface area contributed by atoms with Gasteiger partial charge in [0.1, 0.15) is 6.61 Å². The molecule has 1 unspecified atom stereocenters. The van der Waals surface area contributed by atoms with Gasteiger partial charge in [-0.2, -0.15) is 0 Å². The number of nitrogens with one attached hydrogen (secondary N) is 3. The van der Waals surface area contributed by atoms with Crippen molar-refractivity contribution in [3.63, 3.8) is 0 Å². The molecule has 1 saturated heterocycles. The number of hydrogen-bond donors (Lipinski definition) is 5. The van der Waals surface area contributed by atoms with Gasteiger partial charge in [-0.05, 0) is 95.4 Å². The van der Waals surface area contributed by atoms with Crippen LogP contribution in [0.25, 0.3) is 0 Å². The SMILES string of the molecule is CC(C)(C)C(=O)OCc1ccc(NC(=O)[C@H](CCCNC(N)=O)CC(=O)[C@H](CCCCN)NC(=O)CCCCCN2C(=O)CC(C(C)(C)C)C2=O)cc1. The number of ether oxygens (including phenoxy) is 1. The fraction of sp³-hybridized carbons (Fsp3) is 0.667. The van der Waals surface area contributed by atoms with Gasteiger partial charge in [-0.1, -0.05) is 39.3 Å². The molecule has 296 valence electrons. The molecule has 1 aliphatic rings. The van der Waals surface area contributed by atoms with Crippen LogP contribution in [0, 0.1) is 22.7 Å². The molecule has 1 fully saturated rings. The van der Waals surface area contributed by atoms with Crippen LogP contribution in [0.3, 0.4) is 0 Å². The number of anilines is 1. The highest BCUT2D eigenvalue weighted by Crippen LogP contribution is 2.35. The maximum Gasteiger partial charge on any atom is 0.312 e. The van der Waals surface area contributed by atoms with Crippen LogP contribution in [0.1, 0.15) is 118 Å². The molecule has 0 radical (unpaired) electrons. The van der Waals surface area contributed by atoms with E-state index in [0.717, 1.165) is 5.56 Å². The van der Waals surface area contributed by atoms with Crippen LogP contribution in [0.4, 0.5) is 10.5 Å². The summed E-state index contributed by atoms with van der Waals surface area (Å²) in [7, 11) is 0. The summed E-state index contributed by atoms with van der Waals surface area (Å²) in [6.07, 6.45) is 4.29. The van der Waals surface area contributed by atoms with Gasteiger partial charge in [-0.3, -0.25) is 33.7 Å². The van der Waals surface area contributed by atoms with E-state index in [2.05, 4.69) is 16.0 Å². The first-order chi connectivity index (χ1) is 24.8. The Balaban J connectivity index is 2.00. The van der Waals surface area contributed by atoms with Gasteiger partial charge in [0, 0.05) is 44.0 Å². The Hall–Kier alpha value is -4.33. The highest BCUT2D eigenvalue weighted by molar-refractivity contribution is 6.04. The van der Waals surface area contributed by atoms with Crippen LogP contribution >= 0.6 is 0 Å². The van der Waals surface area contributed by atoms with Crippen molar-refractivity contribution in [2.75, 3.05) is 25.0 Å². The molecule has 1 aromatic rings. The number of nitrogens with zero attached hydrogens (tertiary/aromatic N) is 1. The van der Waals surface area contributed by atoms with Gasteiger partial charge in [0.05, 0.1) is 17.4 Å². The monoisotopic (exact) mass is 742 g/mol. The first-order valence-electron chi connectivity index (χ1n) is 18.8. The number of primary amides is 1. The number of ketones is 1. The van der Waals surface area contributed by atoms with Crippen LogP contribution in [-0.2, 0) is 40.1 Å². The molecule has 1 aromatic carbocycles. The third-order valence-corrected chi connectivity index (χ3v) is 9.30. The highest BCUT2D eigenvalue weighted by Gasteiger charge is 2.44. The van der Waals surface area contributed by atoms with Crippen LogP contribution in [0.2, 0.25) is 0 Å². The molecule has 2 rings (SSSR count). The van der Waals surface area contributed by atoms with Crippen LogP contribution in [0.15, 0.2) is 24.3 Å². The Labute approximate surface area is 314 Å². The minimum absolute atomic E-state index is 0.0875. The van der Waals surface area contributed by atoms with Crippen molar-refractivity contribution in [1.82, 2.24) is 15.5 Å². The zero-order valence-corrected chi connectivity index (χ0v) is 32.5. The molecule has 53 heavy (non-hydrogen) atoms. The molecule has 1 aliphatic heterocycles.